The molecule has 2 aromatic heterocycles. The molecule has 0 fully saturated rings. The van der Waals surface area contributed by atoms with Gasteiger partial charge in [-0.2, -0.15) is 0 Å². The highest BCUT2D eigenvalue weighted by molar-refractivity contribution is 6.30. The van der Waals surface area contributed by atoms with Crippen LogP contribution in [0.5, 0.6) is 0 Å². The highest BCUT2D eigenvalue weighted by atomic mass is 35.5. The Kier molecular flexibility index (Phi) is 4.43. The van der Waals surface area contributed by atoms with Gasteiger partial charge < -0.3 is 10.4 Å². The predicted molar refractivity (Wildman–Crippen MR) is 88.6 cm³/mol. The largest absolute Gasteiger partial charge is 0.480 e. The number of hydrogen-bond acceptors (Lipinski definition) is 4. The minimum Gasteiger partial charge on any atom is -0.480 e. The Bertz CT molecular complexity index is 923. The first kappa shape index (κ1) is 15.9. The molecule has 0 aliphatic rings. The number of pyridine rings is 1. The second-order valence-corrected chi connectivity index (χ2v) is 5.48. The first-order valence-corrected chi connectivity index (χ1v) is 7.48. The van der Waals surface area contributed by atoms with Crippen LogP contribution < -0.4 is 5.32 Å². The van der Waals surface area contributed by atoms with E-state index in [1.807, 2.05) is 6.07 Å². The molecule has 24 heavy (non-hydrogen) atoms. The molecule has 7 nitrogen and oxygen atoms in total. The summed E-state index contributed by atoms with van der Waals surface area (Å²) < 4.78 is 1.64. The molecule has 0 aliphatic carbocycles. The van der Waals surface area contributed by atoms with Crippen LogP contribution in [0.3, 0.4) is 0 Å². The predicted octanol–water partition coefficient (Wildman–Crippen LogP) is 1.95. The first-order chi connectivity index (χ1) is 11.5. The zero-order valence-electron chi connectivity index (χ0n) is 12.4. The number of rotatable bonds is 5. The van der Waals surface area contributed by atoms with Crippen molar-refractivity contribution in [2.45, 2.75) is 6.54 Å². The van der Waals surface area contributed by atoms with Crippen molar-refractivity contribution in [3.8, 4) is 11.4 Å². The van der Waals surface area contributed by atoms with Crippen molar-refractivity contribution in [1.82, 2.24) is 19.9 Å². The van der Waals surface area contributed by atoms with E-state index in [9.17, 15) is 9.59 Å². The van der Waals surface area contributed by atoms with Gasteiger partial charge in [-0.05, 0) is 24.3 Å². The summed E-state index contributed by atoms with van der Waals surface area (Å²) in [6.07, 6.45) is 1.61. The minimum absolute atomic E-state index is 0.0946. The number of carboxylic acids is 1. The lowest BCUT2D eigenvalue weighted by molar-refractivity contribution is -0.138. The summed E-state index contributed by atoms with van der Waals surface area (Å²) in [5.41, 5.74) is 1.92. The highest BCUT2D eigenvalue weighted by Crippen LogP contribution is 2.25. The number of aromatic nitrogens is 3. The molecule has 3 rings (SSSR count). The molecule has 1 aromatic carbocycles. The van der Waals surface area contributed by atoms with E-state index in [2.05, 4.69) is 15.3 Å². The lowest BCUT2D eigenvalue weighted by atomic mass is 10.2. The van der Waals surface area contributed by atoms with E-state index >= 15 is 0 Å². The number of aliphatic carboxylic acids is 1. The molecule has 3 aromatic rings. The molecule has 0 unspecified atom stereocenters. The number of fused-ring (bicyclic) bond motifs is 1. The monoisotopic (exact) mass is 344 g/mol. The van der Waals surface area contributed by atoms with Gasteiger partial charge in [0, 0.05) is 16.8 Å². The Morgan fingerprint density at radius 1 is 1.25 bits per heavy atom. The van der Waals surface area contributed by atoms with Crippen molar-refractivity contribution >= 4 is 34.6 Å². The summed E-state index contributed by atoms with van der Waals surface area (Å²) in [4.78, 5) is 31.4. The third-order valence-corrected chi connectivity index (χ3v) is 3.56. The van der Waals surface area contributed by atoms with Crippen molar-refractivity contribution < 1.29 is 14.7 Å². The van der Waals surface area contributed by atoms with Crippen molar-refractivity contribution in [1.29, 1.82) is 0 Å². The van der Waals surface area contributed by atoms with E-state index in [-0.39, 0.29) is 6.54 Å². The number of carbonyl (C=O) groups is 2. The van der Waals surface area contributed by atoms with Crippen LogP contribution in [0.4, 0.5) is 0 Å². The molecular formula is C16H13ClN4O3. The summed E-state index contributed by atoms with van der Waals surface area (Å²) in [6.45, 7) is -0.534. The van der Waals surface area contributed by atoms with Gasteiger partial charge >= 0.3 is 5.97 Å². The molecule has 0 atom stereocenters. The molecule has 0 saturated carbocycles. The standard InChI is InChI=1S/C16H13ClN4O3/c17-11-4-1-3-10(7-11)15-20-12-5-2-6-18-16(12)21(15)9-13(22)19-8-14(23)24/h1-7H,8-9H2,(H,19,22)(H,23,24). The number of hydrogen-bond donors (Lipinski definition) is 2. The van der Waals surface area contributed by atoms with E-state index in [4.69, 9.17) is 16.7 Å². The maximum absolute atomic E-state index is 12.0. The van der Waals surface area contributed by atoms with Crippen molar-refractivity contribution in [3.05, 3.63) is 47.6 Å². The van der Waals surface area contributed by atoms with Gasteiger partial charge in [0.1, 0.15) is 24.4 Å². The van der Waals surface area contributed by atoms with Crippen molar-refractivity contribution in [2.24, 2.45) is 0 Å². The number of carbonyl (C=O) groups excluding carboxylic acids is 1. The van der Waals surface area contributed by atoms with Crippen LogP contribution in [-0.4, -0.2) is 38.1 Å². The average molecular weight is 345 g/mol. The maximum Gasteiger partial charge on any atom is 0.322 e. The number of carboxylic acid groups (broad SMARTS) is 1. The lowest BCUT2D eigenvalue weighted by Gasteiger charge is -2.09. The van der Waals surface area contributed by atoms with Crippen LogP contribution in [0.15, 0.2) is 42.6 Å². The van der Waals surface area contributed by atoms with Crippen LogP contribution in [-0.2, 0) is 16.1 Å². The van der Waals surface area contributed by atoms with Crippen LogP contribution in [0.1, 0.15) is 0 Å². The molecule has 8 heteroatoms. The van der Waals surface area contributed by atoms with Gasteiger partial charge in [-0.25, -0.2) is 9.97 Å². The van der Waals surface area contributed by atoms with Crippen LogP contribution >= 0.6 is 11.6 Å². The maximum atomic E-state index is 12.0. The Morgan fingerprint density at radius 3 is 2.83 bits per heavy atom. The van der Waals surface area contributed by atoms with Crippen molar-refractivity contribution in [3.63, 3.8) is 0 Å². The fourth-order valence-corrected chi connectivity index (χ4v) is 2.52. The SMILES string of the molecule is O=C(O)CNC(=O)Cn1c(-c2cccc(Cl)c2)nc2cccnc21. The number of amides is 1. The van der Waals surface area contributed by atoms with Crippen LogP contribution in [0, 0.1) is 0 Å². The Labute approximate surface area is 141 Å². The molecule has 0 bridgehead atoms. The normalized spacial score (nSPS) is 10.7. The molecule has 0 spiro atoms. The zero-order chi connectivity index (χ0) is 17.1. The van der Waals surface area contributed by atoms with E-state index in [0.717, 1.165) is 5.56 Å². The fourth-order valence-electron chi connectivity index (χ4n) is 2.33. The Hall–Kier alpha value is -2.93. The van der Waals surface area contributed by atoms with Gasteiger partial charge in [-0.1, -0.05) is 23.7 Å². The molecule has 0 saturated heterocycles. The smallest absolute Gasteiger partial charge is 0.322 e. The average Bonchev–Trinajstić information content (AvgIpc) is 2.92. The number of benzene rings is 1. The third-order valence-electron chi connectivity index (χ3n) is 3.33. The summed E-state index contributed by atoms with van der Waals surface area (Å²) >= 11 is 6.04. The zero-order valence-corrected chi connectivity index (χ0v) is 13.2. The number of nitrogens with one attached hydrogen (secondary N) is 1. The Morgan fingerprint density at radius 2 is 2.08 bits per heavy atom. The van der Waals surface area contributed by atoms with Crippen molar-refractivity contribution in [2.75, 3.05) is 6.54 Å². The second-order valence-electron chi connectivity index (χ2n) is 5.05. The van der Waals surface area contributed by atoms with Gasteiger partial charge in [-0.3, -0.25) is 14.2 Å². The number of halogens is 1. The van der Waals surface area contributed by atoms with E-state index in [0.29, 0.717) is 22.0 Å². The molecular weight excluding hydrogens is 332 g/mol. The third kappa shape index (κ3) is 3.36. The summed E-state index contributed by atoms with van der Waals surface area (Å²) in [6, 6.07) is 10.7. The van der Waals surface area contributed by atoms with Gasteiger partial charge in [0.15, 0.2) is 5.65 Å². The molecule has 1 amide bonds. The van der Waals surface area contributed by atoms with Gasteiger partial charge in [0.05, 0.1) is 0 Å². The van der Waals surface area contributed by atoms with Gasteiger partial charge in [-0.15, -0.1) is 0 Å². The minimum atomic E-state index is -1.10. The number of nitrogens with zero attached hydrogens (tertiary/aromatic N) is 3. The van der Waals surface area contributed by atoms with E-state index < -0.39 is 18.4 Å². The molecule has 0 aliphatic heterocycles. The Balaban J connectivity index is 2.02. The lowest BCUT2D eigenvalue weighted by Crippen LogP contribution is -2.32. The molecule has 2 heterocycles. The number of imidazole rings is 1. The van der Waals surface area contributed by atoms with Gasteiger partial charge in [0.2, 0.25) is 5.91 Å². The van der Waals surface area contributed by atoms with Gasteiger partial charge in [0.25, 0.3) is 0 Å². The highest BCUT2D eigenvalue weighted by Gasteiger charge is 2.16. The first-order valence-electron chi connectivity index (χ1n) is 7.10. The van der Waals surface area contributed by atoms with Crippen LogP contribution in [0.2, 0.25) is 5.02 Å². The fraction of sp³-hybridized carbons (Fsp3) is 0.125. The van der Waals surface area contributed by atoms with E-state index in [1.165, 1.54) is 0 Å². The topological polar surface area (TPSA) is 97.1 Å². The molecule has 122 valence electrons. The molecule has 0 radical (unpaired) electrons. The van der Waals surface area contributed by atoms with Crippen LogP contribution in [0.25, 0.3) is 22.6 Å². The quantitative estimate of drug-likeness (QED) is 0.737. The summed E-state index contributed by atoms with van der Waals surface area (Å²) in [5, 5.41) is 11.5. The summed E-state index contributed by atoms with van der Waals surface area (Å²) in [7, 11) is 0. The second kappa shape index (κ2) is 6.67. The summed E-state index contributed by atoms with van der Waals surface area (Å²) in [5.74, 6) is -1.01. The molecule has 2 N–H and O–H groups in total. The van der Waals surface area contributed by atoms with E-state index in [1.54, 1.807) is 41.1 Å².